The lowest BCUT2D eigenvalue weighted by Gasteiger charge is -2.29. The highest BCUT2D eigenvalue weighted by Crippen LogP contribution is 2.35. The van der Waals surface area contributed by atoms with E-state index in [4.69, 9.17) is 26.1 Å². The van der Waals surface area contributed by atoms with Gasteiger partial charge in [0.2, 0.25) is 0 Å². The Morgan fingerprint density at radius 2 is 1.97 bits per heavy atom. The Balaban J connectivity index is 1.67. The molecule has 0 bridgehead atoms. The Bertz CT molecular complexity index is 1380. The van der Waals surface area contributed by atoms with Gasteiger partial charge in [0.1, 0.15) is 28.6 Å². The molecule has 3 aromatic rings. The normalized spacial score (nSPS) is 14.7. The van der Waals surface area contributed by atoms with E-state index < -0.39 is 16.7 Å². The summed E-state index contributed by atoms with van der Waals surface area (Å²) in [5, 5.41) is 13.5. The predicted molar refractivity (Wildman–Crippen MR) is 131 cm³/mol. The molecule has 1 aliphatic rings. The molecule has 1 saturated heterocycles. The number of thiocarbonyl (C=S) groups is 1. The topological polar surface area (TPSA) is 124 Å². The zero-order valence-electron chi connectivity index (χ0n) is 18.6. The van der Waals surface area contributed by atoms with E-state index in [1.54, 1.807) is 36.4 Å². The van der Waals surface area contributed by atoms with Crippen LogP contribution in [-0.4, -0.2) is 35.6 Å². The lowest BCUT2D eigenvalue weighted by atomic mass is 10.1. The number of benzene rings is 2. The Hall–Kier alpha value is -4.51. The minimum Gasteiger partial charge on any atom is -0.496 e. The number of methoxy groups -OCH3 is 1. The van der Waals surface area contributed by atoms with Crippen LogP contribution in [0.2, 0.25) is 0 Å². The molecule has 35 heavy (non-hydrogen) atoms. The van der Waals surface area contributed by atoms with Gasteiger partial charge in [0.25, 0.3) is 17.5 Å². The van der Waals surface area contributed by atoms with E-state index in [2.05, 4.69) is 5.32 Å². The van der Waals surface area contributed by atoms with Gasteiger partial charge in [-0.25, -0.2) is 0 Å². The summed E-state index contributed by atoms with van der Waals surface area (Å²) in [4.78, 5) is 37.5. The highest BCUT2D eigenvalue weighted by atomic mass is 32.1. The van der Waals surface area contributed by atoms with E-state index in [1.807, 2.05) is 6.92 Å². The number of nitrogens with one attached hydrogen (secondary N) is 1. The molecule has 1 aromatic heterocycles. The lowest BCUT2D eigenvalue weighted by molar-refractivity contribution is -0.384. The number of furan rings is 1. The molecule has 2 heterocycles. The molecular weight excluding hydrogens is 474 g/mol. The number of nitro groups is 1. The van der Waals surface area contributed by atoms with Gasteiger partial charge in [0.15, 0.2) is 5.11 Å². The van der Waals surface area contributed by atoms with Gasteiger partial charge < -0.3 is 13.9 Å². The third kappa shape index (κ3) is 4.75. The van der Waals surface area contributed by atoms with Crippen molar-refractivity contribution >= 4 is 46.6 Å². The summed E-state index contributed by atoms with van der Waals surface area (Å²) in [6.45, 7) is 2.29. The van der Waals surface area contributed by atoms with Crippen LogP contribution in [0.5, 0.6) is 11.5 Å². The van der Waals surface area contributed by atoms with Gasteiger partial charge in [-0.1, -0.05) is 6.07 Å². The van der Waals surface area contributed by atoms with E-state index in [-0.39, 0.29) is 27.9 Å². The van der Waals surface area contributed by atoms with E-state index in [0.29, 0.717) is 29.4 Å². The zero-order valence-corrected chi connectivity index (χ0v) is 19.5. The third-order valence-electron chi connectivity index (χ3n) is 5.06. The fraction of sp³-hybridized carbons (Fsp3) is 0.125. The van der Waals surface area contributed by atoms with Gasteiger partial charge >= 0.3 is 0 Å². The van der Waals surface area contributed by atoms with Crippen molar-refractivity contribution in [3.63, 3.8) is 0 Å². The molecule has 0 saturated carbocycles. The first-order chi connectivity index (χ1) is 16.8. The number of amides is 2. The number of hydrogen-bond acceptors (Lipinski definition) is 8. The molecule has 11 heteroatoms. The zero-order chi connectivity index (χ0) is 25.1. The summed E-state index contributed by atoms with van der Waals surface area (Å²) < 4.78 is 16.5. The average molecular weight is 493 g/mol. The van der Waals surface area contributed by atoms with Crippen LogP contribution in [0.25, 0.3) is 17.4 Å². The summed E-state index contributed by atoms with van der Waals surface area (Å²) >= 11 is 5.23. The van der Waals surface area contributed by atoms with Crippen LogP contribution < -0.4 is 19.7 Å². The first-order valence-electron chi connectivity index (χ1n) is 10.4. The molecule has 10 nitrogen and oxygen atoms in total. The summed E-state index contributed by atoms with van der Waals surface area (Å²) in [6.07, 6.45) is 1.31. The second-order valence-electron chi connectivity index (χ2n) is 7.23. The first kappa shape index (κ1) is 23.6. The van der Waals surface area contributed by atoms with Crippen molar-refractivity contribution in [1.82, 2.24) is 5.32 Å². The number of rotatable bonds is 7. The SMILES string of the molecule is CCOc1cccc(N2C(=O)/C(=C/c3ccc(-c4ccc([N+](=O)[O-])cc4OC)o3)C(=O)NC2=S)c1. The monoisotopic (exact) mass is 493 g/mol. The Kier molecular flexibility index (Phi) is 6.60. The minimum absolute atomic E-state index is 0.0541. The maximum Gasteiger partial charge on any atom is 0.273 e. The number of carbonyl (C=O) groups excluding carboxylic acids is 2. The molecule has 0 unspecified atom stereocenters. The Morgan fingerprint density at radius 1 is 1.17 bits per heavy atom. The van der Waals surface area contributed by atoms with Gasteiger partial charge in [-0.3, -0.25) is 29.9 Å². The maximum atomic E-state index is 13.2. The molecule has 2 amide bonds. The van der Waals surface area contributed by atoms with Crippen LogP contribution in [0, 0.1) is 10.1 Å². The van der Waals surface area contributed by atoms with Crippen molar-refractivity contribution in [3.05, 3.63) is 76.0 Å². The van der Waals surface area contributed by atoms with Crippen molar-refractivity contribution in [2.45, 2.75) is 6.92 Å². The first-order valence-corrected chi connectivity index (χ1v) is 10.8. The maximum absolute atomic E-state index is 13.2. The number of nitro benzene ring substituents is 1. The fourth-order valence-corrected chi connectivity index (χ4v) is 3.77. The van der Waals surface area contributed by atoms with Gasteiger partial charge in [-0.15, -0.1) is 0 Å². The number of anilines is 1. The van der Waals surface area contributed by atoms with Gasteiger partial charge in [0.05, 0.1) is 36.0 Å². The molecule has 0 atom stereocenters. The largest absolute Gasteiger partial charge is 0.496 e. The predicted octanol–water partition coefficient (Wildman–Crippen LogP) is 4.09. The molecule has 4 rings (SSSR count). The Morgan fingerprint density at radius 3 is 2.69 bits per heavy atom. The van der Waals surface area contributed by atoms with Gasteiger partial charge in [-0.05, 0) is 55.5 Å². The average Bonchev–Trinajstić information content (AvgIpc) is 3.30. The van der Waals surface area contributed by atoms with Crippen LogP contribution in [0.3, 0.4) is 0 Å². The molecule has 1 N–H and O–H groups in total. The fourth-order valence-electron chi connectivity index (χ4n) is 3.49. The molecular formula is C24H19N3O7S. The highest BCUT2D eigenvalue weighted by Gasteiger charge is 2.35. The van der Waals surface area contributed by atoms with Crippen molar-refractivity contribution in [2.24, 2.45) is 0 Å². The standard InChI is InChI=1S/C24H19N3O7S/c1-3-33-16-6-4-5-14(11-16)26-23(29)19(22(28)25-24(26)35)13-17-8-10-20(34-17)18-9-7-15(27(30)31)12-21(18)32-2/h4-13H,3H2,1-2H3,(H,25,28,35)/b19-13+. The van der Waals surface area contributed by atoms with Crippen molar-refractivity contribution in [3.8, 4) is 22.8 Å². The number of ether oxygens (including phenoxy) is 2. The summed E-state index contributed by atoms with van der Waals surface area (Å²) in [6, 6.07) is 14.1. The molecule has 178 valence electrons. The van der Waals surface area contributed by atoms with Gasteiger partial charge in [0, 0.05) is 12.1 Å². The summed E-state index contributed by atoms with van der Waals surface area (Å²) in [5.41, 5.74) is 0.593. The number of hydrogen-bond donors (Lipinski definition) is 1. The molecule has 0 radical (unpaired) electrons. The van der Waals surface area contributed by atoms with Crippen LogP contribution in [0.1, 0.15) is 12.7 Å². The van der Waals surface area contributed by atoms with Crippen LogP contribution in [0.15, 0.2) is 64.6 Å². The molecule has 2 aromatic carbocycles. The second-order valence-corrected chi connectivity index (χ2v) is 7.62. The third-order valence-corrected chi connectivity index (χ3v) is 5.35. The molecule has 1 fully saturated rings. The number of nitrogens with zero attached hydrogens (tertiary/aromatic N) is 2. The van der Waals surface area contributed by atoms with E-state index in [9.17, 15) is 19.7 Å². The van der Waals surface area contributed by atoms with E-state index in [0.717, 1.165) is 0 Å². The van der Waals surface area contributed by atoms with Crippen LogP contribution >= 0.6 is 12.2 Å². The number of carbonyl (C=O) groups is 2. The second kappa shape index (κ2) is 9.77. The lowest BCUT2D eigenvalue weighted by Crippen LogP contribution is -2.54. The quantitative estimate of drug-likeness (QED) is 0.172. The minimum atomic E-state index is -0.664. The van der Waals surface area contributed by atoms with Crippen molar-refractivity contribution < 1.29 is 28.4 Å². The molecule has 1 aliphatic heterocycles. The molecule has 0 aliphatic carbocycles. The van der Waals surface area contributed by atoms with Crippen molar-refractivity contribution in [2.75, 3.05) is 18.6 Å². The van der Waals surface area contributed by atoms with E-state index >= 15 is 0 Å². The Labute approximate surface area is 204 Å². The molecule has 0 spiro atoms. The van der Waals surface area contributed by atoms with Crippen LogP contribution in [0.4, 0.5) is 11.4 Å². The number of non-ortho nitro benzene ring substituents is 1. The smallest absolute Gasteiger partial charge is 0.273 e. The van der Waals surface area contributed by atoms with Crippen LogP contribution in [-0.2, 0) is 9.59 Å². The summed E-state index contributed by atoms with van der Waals surface area (Å²) in [7, 11) is 1.39. The van der Waals surface area contributed by atoms with Crippen molar-refractivity contribution in [1.29, 1.82) is 0 Å². The van der Waals surface area contributed by atoms with Gasteiger partial charge in [-0.2, -0.15) is 0 Å². The van der Waals surface area contributed by atoms with E-state index in [1.165, 1.54) is 36.3 Å². The highest BCUT2D eigenvalue weighted by molar-refractivity contribution is 7.80. The summed E-state index contributed by atoms with van der Waals surface area (Å²) in [5.74, 6) is 0.0563.